The molecule has 0 amide bonds. The van der Waals surface area contributed by atoms with Crippen LogP contribution in [0.2, 0.25) is 0 Å². The molecule has 2 N–H and O–H groups in total. The number of alkyl halides is 3. The van der Waals surface area contributed by atoms with Crippen LogP contribution in [0.25, 0.3) is 0 Å². The molecule has 0 spiro atoms. The minimum atomic E-state index is -4.51. The Hall–Kier alpha value is -1.01. The minimum absolute atomic E-state index is 0. The number of methoxy groups -OCH3 is 1. The second-order valence-electron chi connectivity index (χ2n) is 3.33. The van der Waals surface area contributed by atoms with E-state index in [0.717, 1.165) is 6.20 Å². The van der Waals surface area contributed by atoms with E-state index in [2.05, 4.69) is 9.72 Å². The summed E-state index contributed by atoms with van der Waals surface area (Å²) in [6.45, 7) is 1.84. The van der Waals surface area contributed by atoms with Crippen molar-refractivity contribution in [2.45, 2.75) is 25.6 Å². The Morgan fingerprint density at radius 2 is 2.06 bits per heavy atom. The van der Waals surface area contributed by atoms with Gasteiger partial charge in [-0.2, -0.15) is 13.2 Å². The van der Waals surface area contributed by atoms with Crippen LogP contribution in [0, 0.1) is 0 Å². The fraction of sp³-hybridized carbons (Fsp3) is 0.500. The number of rotatable bonds is 3. The molecule has 0 aromatic carbocycles. The summed E-state index contributed by atoms with van der Waals surface area (Å²) >= 11 is 0. The van der Waals surface area contributed by atoms with Gasteiger partial charge in [0.25, 0.3) is 0 Å². The van der Waals surface area contributed by atoms with Gasteiger partial charge in [-0.3, -0.25) is 0 Å². The summed E-state index contributed by atoms with van der Waals surface area (Å²) in [5.41, 5.74) is 5.21. The number of nitrogens with zero attached hydrogens (tertiary/aromatic N) is 1. The molecular weight excluding hydrogens is 257 g/mol. The summed E-state index contributed by atoms with van der Waals surface area (Å²) < 4.78 is 42.1. The zero-order valence-corrected chi connectivity index (χ0v) is 10.2. The van der Waals surface area contributed by atoms with Crippen molar-refractivity contribution in [3.63, 3.8) is 0 Å². The molecule has 0 fully saturated rings. The highest BCUT2D eigenvalue weighted by atomic mass is 35.5. The Bertz CT molecular complexity index is 371. The van der Waals surface area contributed by atoms with Crippen LogP contribution in [0.5, 0.6) is 5.75 Å². The average molecular weight is 271 g/mol. The zero-order chi connectivity index (χ0) is 12.3. The van der Waals surface area contributed by atoms with E-state index in [9.17, 15) is 13.2 Å². The van der Waals surface area contributed by atoms with Crippen LogP contribution in [0.3, 0.4) is 0 Å². The summed E-state index contributed by atoms with van der Waals surface area (Å²) in [4.78, 5) is 3.36. The van der Waals surface area contributed by atoms with Crippen molar-refractivity contribution in [2.24, 2.45) is 5.73 Å². The third kappa shape index (κ3) is 3.74. The smallest absolute Gasteiger partial charge is 0.437 e. The minimum Gasteiger partial charge on any atom is -0.494 e. The van der Waals surface area contributed by atoms with Crippen molar-refractivity contribution in [3.05, 3.63) is 23.5 Å². The Balaban J connectivity index is 0.00000256. The van der Waals surface area contributed by atoms with E-state index in [1.807, 2.05) is 6.92 Å². The van der Waals surface area contributed by atoms with Crippen molar-refractivity contribution < 1.29 is 17.9 Å². The first kappa shape index (κ1) is 16.0. The lowest BCUT2D eigenvalue weighted by Crippen LogP contribution is -2.14. The SMILES string of the molecule is CC[C@H](N)c1cnc(C(F)(F)F)c(OC)c1.Cl. The van der Waals surface area contributed by atoms with Gasteiger partial charge in [0.05, 0.1) is 7.11 Å². The highest BCUT2D eigenvalue weighted by Crippen LogP contribution is 2.35. The standard InChI is InChI=1S/C10H13F3N2O.ClH/c1-3-7(14)6-4-8(16-2)9(15-5-6)10(11,12)13;/h4-5,7H,3,14H2,1-2H3;1H/t7-;/m0./s1. The van der Waals surface area contributed by atoms with Crippen LogP contribution < -0.4 is 10.5 Å². The van der Waals surface area contributed by atoms with Gasteiger partial charge in [0.15, 0.2) is 5.69 Å². The number of hydrogen-bond donors (Lipinski definition) is 1. The average Bonchev–Trinajstić information content (AvgIpc) is 2.25. The van der Waals surface area contributed by atoms with Gasteiger partial charge < -0.3 is 10.5 Å². The molecule has 0 bridgehead atoms. The molecule has 17 heavy (non-hydrogen) atoms. The first-order valence-corrected chi connectivity index (χ1v) is 4.76. The quantitative estimate of drug-likeness (QED) is 0.919. The summed E-state index contributed by atoms with van der Waals surface area (Å²) in [6.07, 6.45) is -2.75. The lowest BCUT2D eigenvalue weighted by Gasteiger charge is -2.14. The van der Waals surface area contributed by atoms with E-state index in [4.69, 9.17) is 5.73 Å². The molecule has 3 nitrogen and oxygen atoms in total. The van der Waals surface area contributed by atoms with Gasteiger partial charge in [0.1, 0.15) is 5.75 Å². The molecule has 0 saturated carbocycles. The fourth-order valence-corrected chi connectivity index (χ4v) is 1.27. The second-order valence-corrected chi connectivity index (χ2v) is 3.33. The number of aromatic nitrogens is 1. The van der Waals surface area contributed by atoms with Gasteiger partial charge in [0, 0.05) is 12.2 Å². The highest BCUT2D eigenvalue weighted by Gasteiger charge is 2.36. The lowest BCUT2D eigenvalue weighted by atomic mass is 10.1. The Labute approximate surface area is 104 Å². The van der Waals surface area contributed by atoms with E-state index >= 15 is 0 Å². The third-order valence-electron chi connectivity index (χ3n) is 2.23. The third-order valence-corrected chi connectivity index (χ3v) is 2.23. The molecular formula is C10H14ClF3N2O. The molecule has 0 saturated heterocycles. The van der Waals surface area contributed by atoms with Gasteiger partial charge >= 0.3 is 6.18 Å². The van der Waals surface area contributed by atoms with Crippen molar-refractivity contribution >= 4 is 12.4 Å². The number of halogens is 4. The Morgan fingerprint density at radius 1 is 1.47 bits per heavy atom. The first-order valence-electron chi connectivity index (χ1n) is 4.76. The van der Waals surface area contributed by atoms with Crippen LogP contribution in [0.15, 0.2) is 12.3 Å². The van der Waals surface area contributed by atoms with E-state index in [1.54, 1.807) is 0 Å². The predicted octanol–water partition coefficient (Wildman–Crippen LogP) is 2.94. The molecule has 7 heteroatoms. The van der Waals surface area contributed by atoms with Gasteiger partial charge in [0.2, 0.25) is 0 Å². The molecule has 0 aliphatic rings. The number of nitrogens with two attached hydrogens (primary N) is 1. The maximum atomic E-state index is 12.5. The summed E-state index contributed by atoms with van der Waals surface area (Å²) in [5.74, 6) is -0.297. The molecule has 1 aromatic rings. The topological polar surface area (TPSA) is 48.1 Å². The van der Waals surface area contributed by atoms with Crippen LogP contribution in [-0.2, 0) is 6.18 Å². The number of ether oxygens (including phenoxy) is 1. The highest BCUT2D eigenvalue weighted by molar-refractivity contribution is 5.85. The summed E-state index contributed by atoms with van der Waals surface area (Å²) in [6, 6.07) is 0.952. The fourth-order valence-electron chi connectivity index (χ4n) is 1.27. The predicted molar refractivity (Wildman–Crippen MR) is 60.3 cm³/mol. The molecule has 1 rings (SSSR count). The molecule has 0 unspecified atom stereocenters. The van der Waals surface area contributed by atoms with Crippen molar-refractivity contribution in [1.82, 2.24) is 4.98 Å². The molecule has 98 valence electrons. The molecule has 0 aliphatic carbocycles. The van der Waals surface area contributed by atoms with Crippen LogP contribution in [-0.4, -0.2) is 12.1 Å². The summed E-state index contributed by atoms with van der Waals surface area (Å²) in [5, 5.41) is 0. The Kier molecular flexibility index (Phi) is 5.71. The molecule has 0 aliphatic heterocycles. The number of pyridine rings is 1. The maximum Gasteiger partial charge on any atom is 0.437 e. The van der Waals surface area contributed by atoms with Gasteiger partial charge in [-0.25, -0.2) is 4.98 Å². The zero-order valence-electron chi connectivity index (χ0n) is 9.41. The van der Waals surface area contributed by atoms with Crippen molar-refractivity contribution in [1.29, 1.82) is 0 Å². The normalized spacial score (nSPS) is 12.8. The monoisotopic (exact) mass is 270 g/mol. The van der Waals surface area contributed by atoms with Crippen molar-refractivity contribution in [3.8, 4) is 5.75 Å². The van der Waals surface area contributed by atoms with Crippen LogP contribution >= 0.6 is 12.4 Å². The molecule has 1 aromatic heterocycles. The van der Waals surface area contributed by atoms with E-state index in [0.29, 0.717) is 12.0 Å². The van der Waals surface area contributed by atoms with Crippen molar-refractivity contribution in [2.75, 3.05) is 7.11 Å². The number of hydrogen-bond acceptors (Lipinski definition) is 3. The largest absolute Gasteiger partial charge is 0.494 e. The van der Waals surface area contributed by atoms with E-state index in [-0.39, 0.29) is 24.2 Å². The van der Waals surface area contributed by atoms with Gasteiger partial charge in [-0.15, -0.1) is 12.4 Å². The van der Waals surface area contributed by atoms with Gasteiger partial charge in [-0.05, 0) is 18.1 Å². The Morgan fingerprint density at radius 3 is 2.47 bits per heavy atom. The molecule has 1 atom stereocenters. The van der Waals surface area contributed by atoms with Crippen LogP contribution in [0.4, 0.5) is 13.2 Å². The van der Waals surface area contributed by atoms with Crippen LogP contribution in [0.1, 0.15) is 30.6 Å². The lowest BCUT2D eigenvalue weighted by molar-refractivity contribution is -0.142. The van der Waals surface area contributed by atoms with E-state index in [1.165, 1.54) is 13.2 Å². The second kappa shape index (κ2) is 6.07. The summed E-state index contributed by atoms with van der Waals surface area (Å²) in [7, 11) is 1.17. The molecule has 0 radical (unpaired) electrons. The van der Waals surface area contributed by atoms with Gasteiger partial charge in [-0.1, -0.05) is 6.92 Å². The van der Waals surface area contributed by atoms with E-state index < -0.39 is 11.9 Å². The maximum absolute atomic E-state index is 12.5. The molecule has 1 heterocycles. The first-order chi connectivity index (χ1) is 7.40.